The van der Waals surface area contributed by atoms with E-state index in [-0.39, 0.29) is 11.6 Å². The van der Waals surface area contributed by atoms with Crippen molar-refractivity contribution in [2.24, 2.45) is 0 Å². The summed E-state index contributed by atoms with van der Waals surface area (Å²) in [5.74, 6) is 0.767. The number of halogens is 2. The first-order chi connectivity index (χ1) is 11.6. The lowest BCUT2D eigenvalue weighted by Gasteiger charge is -2.35. The molecule has 24 heavy (non-hydrogen) atoms. The number of rotatable bonds is 4. The molecule has 0 bridgehead atoms. The van der Waals surface area contributed by atoms with Crippen LogP contribution in [0.15, 0.2) is 24.5 Å². The van der Waals surface area contributed by atoms with Gasteiger partial charge in [0.2, 0.25) is 0 Å². The van der Waals surface area contributed by atoms with Crippen LogP contribution in [-0.4, -0.2) is 48.2 Å². The minimum Gasteiger partial charge on any atom is -0.494 e. The third-order valence-corrected chi connectivity index (χ3v) is 4.63. The fourth-order valence-corrected chi connectivity index (χ4v) is 3.14. The standard InChI is InChI=1S/C17H20ClFN4O/c1-12-17(21-6-5-20-12)23-9-7-22(8-10-23)11-13-14(18)3-4-15(24-2)16(13)19/h3-6H,7-11H2,1-2H3. The Balaban J connectivity index is 1.67. The zero-order chi connectivity index (χ0) is 17.1. The molecule has 7 heteroatoms. The SMILES string of the molecule is COc1ccc(Cl)c(CN2CCN(c3nccnc3C)CC2)c1F. The zero-order valence-corrected chi connectivity index (χ0v) is 14.6. The molecule has 2 aromatic rings. The number of aromatic nitrogens is 2. The van der Waals surface area contributed by atoms with Gasteiger partial charge in [-0.15, -0.1) is 0 Å². The van der Waals surface area contributed by atoms with E-state index in [1.807, 2.05) is 6.92 Å². The van der Waals surface area contributed by atoms with Crippen LogP contribution in [0.25, 0.3) is 0 Å². The van der Waals surface area contributed by atoms with Gasteiger partial charge in [0.05, 0.1) is 12.8 Å². The van der Waals surface area contributed by atoms with Gasteiger partial charge in [0, 0.05) is 55.7 Å². The predicted octanol–water partition coefficient (Wildman–Crippen LogP) is 2.91. The van der Waals surface area contributed by atoms with E-state index in [0.717, 1.165) is 37.7 Å². The quantitative estimate of drug-likeness (QED) is 0.848. The second-order valence-corrected chi connectivity index (χ2v) is 6.18. The molecule has 0 amide bonds. The van der Waals surface area contributed by atoms with Crippen molar-refractivity contribution in [2.45, 2.75) is 13.5 Å². The van der Waals surface area contributed by atoms with Crippen molar-refractivity contribution in [3.05, 3.63) is 46.6 Å². The Labute approximate surface area is 146 Å². The fraction of sp³-hybridized carbons (Fsp3) is 0.412. The summed E-state index contributed by atoms with van der Waals surface area (Å²) >= 11 is 6.17. The smallest absolute Gasteiger partial charge is 0.171 e. The van der Waals surface area contributed by atoms with E-state index in [4.69, 9.17) is 16.3 Å². The van der Waals surface area contributed by atoms with Crippen LogP contribution in [-0.2, 0) is 6.54 Å². The molecule has 0 atom stereocenters. The summed E-state index contributed by atoms with van der Waals surface area (Å²) in [7, 11) is 1.46. The molecule has 1 fully saturated rings. The maximum absolute atomic E-state index is 14.4. The van der Waals surface area contributed by atoms with Crippen molar-refractivity contribution in [1.82, 2.24) is 14.9 Å². The Kier molecular flexibility index (Phi) is 5.16. The molecule has 1 aromatic carbocycles. The fourth-order valence-electron chi connectivity index (χ4n) is 2.93. The molecule has 1 saturated heterocycles. The zero-order valence-electron chi connectivity index (χ0n) is 13.8. The number of hydrogen-bond acceptors (Lipinski definition) is 5. The van der Waals surface area contributed by atoms with E-state index in [1.54, 1.807) is 24.5 Å². The van der Waals surface area contributed by atoms with Crippen LogP contribution >= 0.6 is 11.6 Å². The van der Waals surface area contributed by atoms with Crippen molar-refractivity contribution in [1.29, 1.82) is 0 Å². The summed E-state index contributed by atoms with van der Waals surface area (Å²) in [4.78, 5) is 13.1. The third-order valence-electron chi connectivity index (χ3n) is 4.28. The molecule has 1 aliphatic heterocycles. The molecule has 5 nitrogen and oxygen atoms in total. The highest BCUT2D eigenvalue weighted by molar-refractivity contribution is 6.31. The minimum absolute atomic E-state index is 0.225. The van der Waals surface area contributed by atoms with Crippen LogP contribution in [0, 0.1) is 12.7 Å². The van der Waals surface area contributed by atoms with Gasteiger partial charge in [0.15, 0.2) is 11.6 Å². The Morgan fingerprint density at radius 2 is 1.88 bits per heavy atom. The van der Waals surface area contributed by atoms with E-state index in [2.05, 4.69) is 19.8 Å². The van der Waals surface area contributed by atoms with E-state index in [0.29, 0.717) is 17.1 Å². The monoisotopic (exact) mass is 350 g/mol. The molecule has 2 heterocycles. The van der Waals surface area contributed by atoms with Crippen molar-refractivity contribution >= 4 is 17.4 Å². The molecule has 128 valence electrons. The number of methoxy groups -OCH3 is 1. The highest BCUT2D eigenvalue weighted by Crippen LogP contribution is 2.28. The Morgan fingerprint density at radius 3 is 2.54 bits per heavy atom. The normalized spacial score (nSPS) is 15.6. The second-order valence-electron chi connectivity index (χ2n) is 5.77. The summed E-state index contributed by atoms with van der Waals surface area (Å²) in [6, 6.07) is 3.23. The van der Waals surface area contributed by atoms with Crippen LogP contribution in [0.1, 0.15) is 11.3 Å². The van der Waals surface area contributed by atoms with Crippen LogP contribution in [0.2, 0.25) is 5.02 Å². The molecule has 0 saturated carbocycles. The van der Waals surface area contributed by atoms with E-state index >= 15 is 0 Å². The lowest BCUT2D eigenvalue weighted by molar-refractivity contribution is 0.244. The van der Waals surface area contributed by atoms with Crippen LogP contribution in [0.4, 0.5) is 10.2 Å². The van der Waals surface area contributed by atoms with Gasteiger partial charge in [-0.05, 0) is 19.1 Å². The maximum atomic E-state index is 14.4. The molecule has 1 aliphatic rings. The highest BCUT2D eigenvalue weighted by atomic mass is 35.5. The van der Waals surface area contributed by atoms with E-state index in [1.165, 1.54) is 7.11 Å². The van der Waals surface area contributed by atoms with Gasteiger partial charge < -0.3 is 9.64 Å². The first-order valence-electron chi connectivity index (χ1n) is 7.86. The Bertz CT molecular complexity index is 720. The molecule has 0 aliphatic carbocycles. The Morgan fingerprint density at radius 1 is 1.17 bits per heavy atom. The lowest BCUT2D eigenvalue weighted by atomic mass is 10.1. The van der Waals surface area contributed by atoms with Crippen molar-refractivity contribution < 1.29 is 9.13 Å². The molecular weight excluding hydrogens is 331 g/mol. The summed E-state index contributed by atoms with van der Waals surface area (Å²) in [6.45, 7) is 5.69. The van der Waals surface area contributed by atoms with Gasteiger partial charge in [-0.1, -0.05) is 11.6 Å². The molecule has 0 N–H and O–H groups in total. The number of aryl methyl sites for hydroxylation is 1. The van der Waals surface area contributed by atoms with Crippen molar-refractivity contribution in [2.75, 3.05) is 38.2 Å². The molecule has 0 radical (unpaired) electrons. The summed E-state index contributed by atoms with van der Waals surface area (Å²) < 4.78 is 19.5. The molecule has 3 rings (SSSR count). The number of hydrogen-bond donors (Lipinski definition) is 0. The average Bonchev–Trinajstić information content (AvgIpc) is 2.60. The van der Waals surface area contributed by atoms with Crippen molar-refractivity contribution in [3.63, 3.8) is 0 Å². The van der Waals surface area contributed by atoms with E-state index < -0.39 is 0 Å². The number of ether oxygens (including phenoxy) is 1. The summed E-state index contributed by atoms with van der Waals surface area (Å²) in [6.07, 6.45) is 3.41. The van der Waals surface area contributed by atoms with Gasteiger partial charge >= 0.3 is 0 Å². The number of anilines is 1. The number of benzene rings is 1. The number of piperazine rings is 1. The van der Waals surface area contributed by atoms with Gasteiger partial charge in [-0.3, -0.25) is 9.88 Å². The topological polar surface area (TPSA) is 41.5 Å². The van der Waals surface area contributed by atoms with Gasteiger partial charge in [0.1, 0.15) is 5.82 Å². The summed E-state index contributed by atoms with van der Waals surface area (Å²) in [5.41, 5.74) is 1.41. The Hall–Kier alpha value is -1.92. The highest BCUT2D eigenvalue weighted by Gasteiger charge is 2.22. The van der Waals surface area contributed by atoms with Crippen molar-refractivity contribution in [3.8, 4) is 5.75 Å². The predicted molar refractivity (Wildman–Crippen MR) is 92.2 cm³/mol. The van der Waals surface area contributed by atoms with Gasteiger partial charge in [0.25, 0.3) is 0 Å². The van der Waals surface area contributed by atoms with E-state index in [9.17, 15) is 4.39 Å². The first-order valence-corrected chi connectivity index (χ1v) is 8.23. The molecule has 0 spiro atoms. The first kappa shape index (κ1) is 16.9. The number of nitrogens with zero attached hydrogens (tertiary/aromatic N) is 4. The largest absolute Gasteiger partial charge is 0.494 e. The van der Waals surface area contributed by atoms with Crippen LogP contribution < -0.4 is 9.64 Å². The third kappa shape index (κ3) is 3.44. The van der Waals surface area contributed by atoms with Gasteiger partial charge in [-0.2, -0.15) is 0 Å². The van der Waals surface area contributed by atoms with Gasteiger partial charge in [-0.25, -0.2) is 9.37 Å². The van der Waals surface area contributed by atoms with Crippen LogP contribution in [0.3, 0.4) is 0 Å². The summed E-state index contributed by atoms with van der Waals surface area (Å²) in [5, 5.41) is 0.431. The molecule has 1 aromatic heterocycles. The maximum Gasteiger partial charge on any atom is 0.171 e. The minimum atomic E-state index is -0.378. The molecular formula is C17H20ClFN4O. The average molecular weight is 351 g/mol. The lowest BCUT2D eigenvalue weighted by Crippen LogP contribution is -2.46. The molecule has 0 unspecified atom stereocenters. The van der Waals surface area contributed by atoms with Crippen LogP contribution in [0.5, 0.6) is 5.75 Å². The second kappa shape index (κ2) is 7.32.